The topological polar surface area (TPSA) is 39.7 Å². The van der Waals surface area contributed by atoms with Crippen molar-refractivity contribution in [3.8, 4) is 11.5 Å². The summed E-state index contributed by atoms with van der Waals surface area (Å²) in [5, 5.41) is 4.03. The van der Waals surface area contributed by atoms with Gasteiger partial charge in [0.15, 0.2) is 11.5 Å². The molecule has 0 radical (unpaired) electrons. The SMILES string of the molecule is CNC(CSC1COC1)c1ccc2c(c1)OCCO2. The summed E-state index contributed by atoms with van der Waals surface area (Å²) in [4.78, 5) is 0. The molecule has 1 saturated heterocycles. The normalized spacial score (nSPS) is 19.8. The number of fused-ring (bicyclic) bond motifs is 1. The third-order valence-electron chi connectivity index (χ3n) is 3.42. The van der Waals surface area contributed by atoms with Crippen LogP contribution in [0.3, 0.4) is 0 Å². The zero-order chi connectivity index (χ0) is 13.1. The number of nitrogens with one attached hydrogen (secondary N) is 1. The van der Waals surface area contributed by atoms with Crippen molar-refractivity contribution in [1.29, 1.82) is 0 Å². The molecule has 0 amide bonds. The van der Waals surface area contributed by atoms with Crippen LogP contribution in [0.5, 0.6) is 11.5 Å². The maximum Gasteiger partial charge on any atom is 0.161 e. The van der Waals surface area contributed by atoms with Crippen molar-refractivity contribution in [3.63, 3.8) is 0 Å². The van der Waals surface area contributed by atoms with E-state index in [0.717, 1.165) is 30.5 Å². The highest BCUT2D eigenvalue weighted by Crippen LogP contribution is 2.34. The Balaban J connectivity index is 1.67. The molecule has 4 nitrogen and oxygen atoms in total. The molecule has 1 aromatic rings. The predicted molar refractivity (Wildman–Crippen MR) is 76.3 cm³/mol. The number of hydrogen-bond donors (Lipinski definition) is 1. The minimum Gasteiger partial charge on any atom is -0.486 e. The summed E-state index contributed by atoms with van der Waals surface area (Å²) >= 11 is 1.97. The van der Waals surface area contributed by atoms with E-state index in [1.807, 2.05) is 24.9 Å². The largest absolute Gasteiger partial charge is 0.486 e. The molecule has 1 atom stereocenters. The Morgan fingerprint density at radius 3 is 2.74 bits per heavy atom. The van der Waals surface area contributed by atoms with Gasteiger partial charge in [0, 0.05) is 11.8 Å². The van der Waals surface area contributed by atoms with Gasteiger partial charge in [-0.05, 0) is 24.7 Å². The Hall–Kier alpha value is -0.910. The van der Waals surface area contributed by atoms with Crippen molar-refractivity contribution in [2.24, 2.45) is 0 Å². The molecule has 5 heteroatoms. The summed E-state index contributed by atoms with van der Waals surface area (Å²) in [5.74, 6) is 2.76. The van der Waals surface area contributed by atoms with Gasteiger partial charge >= 0.3 is 0 Å². The molecular formula is C14H19NO3S. The van der Waals surface area contributed by atoms with E-state index in [-0.39, 0.29) is 0 Å². The van der Waals surface area contributed by atoms with Crippen molar-refractivity contribution >= 4 is 11.8 Å². The molecule has 1 fully saturated rings. The van der Waals surface area contributed by atoms with Gasteiger partial charge < -0.3 is 19.5 Å². The van der Waals surface area contributed by atoms with Gasteiger partial charge in [0.2, 0.25) is 0 Å². The highest BCUT2D eigenvalue weighted by atomic mass is 32.2. The van der Waals surface area contributed by atoms with Gasteiger partial charge in [0.25, 0.3) is 0 Å². The van der Waals surface area contributed by atoms with Crippen LogP contribution >= 0.6 is 11.8 Å². The minimum absolute atomic E-state index is 0.335. The minimum atomic E-state index is 0.335. The Morgan fingerprint density at radius 2 is 2.05 bits per heavy atom. The lowest BCUT2D eigenvalue weighted by Crippen LogP contribution is -2.32. The summed E-state index contributed by atoms with van der Waals surface area (Å²) in [6, 6.07) is 6.55. The molecule has 2 aliphatic heterocycles. The molecular weight excluding hydrogens is 262 g/mol. The number of hydrogen-bond acceptors (Lipinski definition) is 5. The van der Waals surface area contributed by atoms with Crippen LogP contribution in [0.25, 0.3) is 0 Å². The average Bonchev–Trinajstić information content (AvgIpc) is 2.41. The summed E-state index contributed by atoms with van der Waals surface area (Å²) in [6.07, 6.45) is 0. The lowest BCUT2D eigenvalue weighted by atomic mass is 10.1. The molecule has 3 rings (SSSR count). The van der Waals surface area contributed by atoms with Crippen molar-refractivity contribution in [2.45, 2.75) is 11.3 Å². The van der Waals surface area contributed by atoms with Crippen LogP contribution in [0.2, 0.25) is 0 Å². The number of thioether (sulfide) groups is 1. The van der Waals surface area contributed by atoms with E-state index in [4.69, 9.17) is 14.2 Å². The first-order chi connectivity index (χ1) is 9.36. The van der Waals surface area contributed by atoms with Crippen LogP contribution < -0.4 is 14.8 Å². The van der Waals surface area contributed by atoms with Gasteiger partial charge in [0.1, 0.15) is 13.2 Å². The second kappa shape index (κ2) is 6.03. The first-order valence-corrected chi connectivity index (χ1v) is 7.68. The third-order valence-corrected chi connectivity index (χ3v) is 4.69. The Kier molecular flexibility index (Phi) is 4.15. The molecule has 0 bridgehead atoms. The van der Waals surface area contributed by atoms with E-state index >= 15 is 0 Å². The maximum atomic E-state index is 5.64. The standard InChI is InChI=1S/C14H19NO3S/c1-15-12(9-19-11-7-16-8-11)10-2-3-13-14(6-10)18-5-4-17-13/h2-3,6,11-12,15H,4-5,7-9H2,1H3. The molecule has 19 heavy (non-hydrogen) atoms. The van der Waals surface area contributed by atoms with Gasteiger partial charge in [-0.25, -0.2) is 0 Å². The van der Waals surface area contributed by atoms with Crippen molar-refractivity contribution < 1.29 is 14.2 Å². The highest BCUT2D eigenvalue weighted by Gasteiger charge is 2.22. The second-order valence-corrected chi connectivity index (χ2v) is 6.07. The summed E-state index contributed by atoms with van der Waals surface area (Å²) in [6.45, 7) is 3.05. The van der Waals surface area contributed by atoms with E-state index in [1.54, 1.807) is 0 Å². The van der Waals surface area contributed by atoms with Crippen LogP contribution in [0.4, 0.5) is 0 Å². The van der Waals surface area contributed by atoms with E-state index in [1.165, 1.54) is 5.56 Å². The molecule has 1 unspecified atom stereocenters. The summed E-state index contributed by atoms with van der Waals surface area (Å²) in [5.41, 5.74) is 1.25. The lowest BCUT2D eigenvalue weighted by molar-refractivity contribution is 0.0455. The Bertz CT molecular complexity index is 437. The molecule has 0 aromatic heterocycles. The predicted octanol–water partition coefficient (Wildman–Crippen LogP) is 1.85. The fourth-order valence-electron chi connectivity index (χ4n) is 2.17. The molecule has 0 aliphatic carbocycles. The Labute approximate surface area is 117 Å². The van der Waals surface area contributed by atoms with Crippen LogP contribution in [0.1, 0.15) is 11.6 Å². The maximum absolute atomic E-state index is 5.64. The zero-order valence-electron chi connectivity index (χ0n) is 11.1. The molecule has 0 saturated carbocycles. The zero-order valence-corrected chi connectivity index (χ0v) is 11.9. The second-order valence-electron chi connectivity index (χ2n) is 4.74. The van der Waals surface area contributed by atoms with Crippen LogP contribution in [0, 0.1) is 0 Å². The quantitative estimate of drug-likeness (QED) is 0.892. The molecule has 2 aliphatic rings. The molecule has 1 N–H and O–H groups in total. The Morgan fingerprint density at radius 1 is 1.26 bits per heavy atom. The number of benzene rings is 1. The monoisotopic (exact) mass is 281 g/mol. The van der Waals surface area contributed by atoms with Crippen molar-refractivity contribution in [1.82, 2.24) is 5.32 Å². The first kappa shape index (κ1) is 13.1. The third kappa shape index (κ3) is 2.99. The van der Waals surface area contributed by atoms with Crippen LogP contribution in [-0.4, -0.2) is 44.5 Å². The fraction of sp³-hybridized carbons (Fsp3) is 0.571. The van der Waals surface area contributed by atoms with Crippen molar-refractivity contribution in [2.75, 3.05) is 39.2 Å². The first-order valence-electron chi connectivity index (χ1n) is 6.63. The van der Waals surface area contributed by atoms with Gasteiger partial charge in [-0.2, -0.15) is 11.8 Å². The summed E-state index contributed by atoms with van der Waals surface area (Å²) < 4.78 is 16.4. The summed E-state index contributed by atoms with van der Waals surface area (Å²) in [7, 11) is 2.00. The van der Waals surface area contributed by atoms with Crippen molar-refractivity contribution in [3.05, 3.63) is 23.8 Å². The van der Waals surface area contributed by atoms with E-state index in [2.05, 4.69) is 17.4 Å². The smallest absolute Gasteiger partial charge is 0.161 e. The average molecular weight is 281 g/mol. The number of rotatable bonds is 5. The van der Waals surface area contributed by atoms with Gasteiger partial charge in [-0.3, -0.25) is 0 Å². The van der Waals surface area contributed by atoms with E-state index in [9.17, 15) is 0 Å². The molecule has 1 aromatic carbocycles. The van der Waals surface area contributed by atoms with E-state index in [0.29, 0.717) is 24.5 Å². The fourth-order valence-corrected chi connectivity index (χ4v) is 3.37. The lowest BCUT2D eigenvalue weighted by Gasteiger charge is -2.27. The number of ether oxygens (including phenoxy) is 3. The van der Waals surface area contributed by atoms with E-state index < -0.39 is 0 Å². The van der Waals surface area contributed by atoms with Gasteiger partial charge in [-0.15, -0.1) is 0 Å². The van der Waals surface area contributed by atoms with Crippen LogP contribution in [0.15, 0.2) is 18.2 Å². The van der Waals surface area contributed by atoms with Gasteiger partial charge in [0.05, 0.1) is 18.5 Å². The molecule has 0 spiro atoms. The van der Waals surface area contributed by atoms with Crippen LogP contribution in [-0.2, 0) is 4.74 Å². The van der Waals surface area contributed by atoms with Gasteiger partial charge in [-0.1, -0.05) is 6.07 Å². The highest BCUT2D eigenvalue weighted by molar-refractivity contribution is 8.00. The molecule has 2 heterocycles. The molecule has 104 valence electrons.